The number of carbonyl (C=O) groups excluding carboxylic acids is 2. The lowest BCUT2D eigenvalue weighted by atomic mass is 10.1. The van der Waals surface area contributed by atoms with E-state index in [2.05, 4.69) is 5.32 Å². The highest BCUT2D eigenvalue weighted by Crippen LogP contribution is 2.31. The van der Waals surface area contributed by atoms with Crippen LogP contribution in [0.5, 0.6) is 5.75 Å². The Kier molecular flexibility index (Phi) is 11.5. The molecule has 1 unspecified atom stereocenters. The van der Waals surface area contributed by atoms with Gasteiger partial charge in [0.15, 0.2) is 0 Å². The number of rotatable bonds is 13. The Balaban J connectivity index is 2.05. The average Bonchev–Trinajstić information content (AvgIpc) is 2.96. The molecule has 1 atom stereocenters. The lowest BCUT2D eigenvalue weighted by molar-refractivity contribution is -0.140. The van der Waals surface area contributed by atoms with Crippen molar-refractivity contribution in [1.29, 1.82) is 0 Å². The normalized spacial score (nSPS) is 12.1. The number of halogens is 2. The number of hydrogen-bond donors (Lipinski definition) is 1. The maximum absolute atomic E-state index is 14.1. The molecular weight excluding hydrogens is 585 g/mol. The number of amides is 2. The number of nitrogens with one attached hydrogen (secondary N) is 1. The summed E-state index contributed by atoms with van der Waals surface area (Å²) >= 11 is 12.4. The summed E-state index contributed by atoms with van der Waals surface area (Å²) in [7, 11) is -2.64. The zero-order valence-corrected chi connectivity index (χ0v) is 25.8. The topological polar surface area (TPSA) is 96.0 Å². The van der Waals surface area contributed by atoms with Gasteiger partial charge in [0.1, 0.15) is 18.3 Å². The first-order chi connectivity index (χ1) is 19.5. The molecule has 0 spiro atoms. The molecule has 0 aliphatic heterocycles. The van der Waals surface area contributed by atoms with Crippen LogP contribution in [0.15, 0.2) is 77.7 Å². The predicted octanol–water partition coefficient (Wildman–Crippen LogP) is 5.78. The van der Waals surface area contributed by atoms with Crippen molar-refractivity contribution in [1.82, 2.24) is 10.2 Å². The number of carbonyl (C=O) groups is 2. The van der Waals surface area contributed by atoms with Crippen LogP contribution in [-0.4, -0.2) is 51.4 Å². The second-order valence-corrected chi connectivity index (χ2v) is 12.5. The Bertz CT molecular complexity index is 1430. The highest BCUT2D eigenvalue weighted by molar-refractivity contribution is 7.92. The van der Waals surface area contributed by atoms with Gasteiger partial charge < -0.3 is 15.0 Å². The van der Waals surface area contributed by atoms with Gasteiger partial charge in [-0.3, -0.25) is 13.9 Å². The summed E-state index contributed by atoms with van der Waals surface area (Å²) in [6.07, 6.45) is 0.323. The van der Waals surface area contributed by atoms with E-state index in [-0.39, 0.29) is 39.0 Å². The second kappa shape index (κ2) is 14.6. The van der Waals surface area contributed by atoms with E-state index in [9.17, 15) is 18.0 Å². The number of nitrogens with zero attached hydrogens (tertiary/aromatic N) is 2. The largest absolute Gasteiger partial charge is 0.497 e. The van der Waals surface area contributed by atoms with E-state index in [0.717, 1.165) is 9.87 Å². The van der Waals surface area contributed by atoms with Crippen molar-refractivity contribution in [3.05, 3.63) is 88.4 Å². The molecule has 41 heavy (non-hydrogen) atoms. The summed E-state index contributed by atoms with van der Waals surface area (Å²) in [4.78, 5) is 28.8. The molecule has 0 saturated heterocycles. The molecule has 0 aromatic heterocycles. The maximum atomic E-state index is 14.1. The van der Waals surface area contributed by atoms with E-state index in [1.165, 1.54) is 35.2 Å². The van der Waals surface area contributed by atoms with Gasteiger partial charge in [-0.2, -0.15) is 0 Å². The Morgan fingerprint density at radius 3 is 2.17 bits per heavy atom. The van der Waals surface area contributed by atoms with Gasteiger partial charge in [0, 0.05) is 13.1 Å². The first-order valence-electron chi connectivity index (χ1n) is 13.2. The van der Waals surface area contributed by atoms with E-state index in [1.807, 2.05) is 20.8 Å². The molecule has 0 bridgehead atoms. The van der Waals surface area contributed by atoms with Gasteiger partial charge in [-0.25, -0.2) is 8.42 Å². The molecular formula is C30H35Cl2N3O5S. The third-order valence-corrected chi connectivity index (χ3v) is 8.91. The highest BCUT2D eigenvalue weighted by Gasteiger charge is 2.33. The smallest absolute Gasteiger partial charge is 0.264 e. The Labute approximate surface area is 252 Å². The summed E-state index contributed by atoms with van der Waals surface area (Å²) in [5, 5.41) is 3.29. The molecule has 0 saturated carbocycles. The minimum absolute atomic E-state index is 0.00212. The molecule has 1 N–H and O–H groups in total. The van der Waals surface area contributed by atoms with Gasteiger partial charge in [0.2, 0.25) is 11.8 Å². The third kappa shape index (κ3) is 8.38. The van der Waals surface area contributed by atoms with Crippen LogP contribution in [0.4, 0.5) is 5.69 Å². The van der Waals surface area contributed by atoms with Gasteiger partial charge in [-0.15, -0.1) is 0 Å². The van der Waals surface area contributed by atoms with E-state index in [0.29, 0.717) is 18.7 Å². The van der Waals surface area contributed by atoms with Crippen LogP contribution in [0.2, 0.25) is 10.0 Å². The Morgan fingerprint density at radius 2 is 1.61 bits per heavy atom. The lowest BCUT2D eigenvalue weighted by Gasteiger charge is -2.33. The molecule has 220 valence electrons. The van der Waals surface area contributed by atoms with Crippen LogP contribution in [0.1, 0.15) is 32.8 Å². The summed E-state index contributed by atoms with van der Waals surface area (Å²) in [5.74, 6) is -0.00976. The first-order valence-corrected chi connectivity index (χ1v) is 15.4. The molecule has 3 aromatic carbocycles. The van der Waals surface area contributed by atoms with Crippen molar-refractivity contribution in [2.24, 2.45) is 5.92 Å². The summed E-state index contributed by atoms with van der Waals surface area (Å²) in [6, 6.07) is 18.5. The summed E-state index contributed by atoms with van der Waals surface area (Å²) in [5.41, 5.74) is 0.916. The minimum atomic E-state index is -4.20. The van der Waals surface area contributed by atoms with Crippen LogP contribution in [0.25, 0.3) is 0 Å². The number of ether oxygens (including phenoxy) is 1. The standard InChI is InChI=1S/C30H35Cl2N3O5S/c1-5-28(30(37)33-18-21(2)3)34(19-22-11-14-24(40-4)15-12-22)29(36)20-35(23-13-16-26(31)27(32)17-23)41(38,39)25-9-7-6-8-10-25/h6-17,21,28H,5,18-20H2,1-4H3,(H,33,37). The van der Waals surface area contributed by atoms with Crippen LogP contribution >= 0.6 is 23.2 Å². The molecule has 0 aliphatic rings. The predicted molar refractivity (Wildman–Crippen MR) is 163 cm³/mol. The molecule has 2 amide bonds. The van der Waals surface area contributed by atoms with Gasteiger partial charge in [-0.05, 0) is 60.4 Å². The number of hydrogen-bond acceptors (Lipinski definition) is 5. The average molecular weight is 621 g/mol. The number of anilines is 1. The van der Waals surface area contributed by atoms with Crippen molar-refractivity contribution in [2.45, 2.75) is 44.7 Å². The van der Waals surface area contributed by atoms with Gasteiger partial charge in [-0.1, -0.05) is 74.3 Å². The molecule has 3 rings (SSSR count). The molecule has 11 heteroatoms. The van der Waals surface area contributed by atoms with Crippen LogP contribution < -0.4 is 14.4 Å². The fraction of sp³-hybridized carbons (Fsp3) is 0.333. The van der Waals surface area contributed by atoms with Crippen molar-refractivity contribution >= 4 is 50.7 Å². The zero-order valence-electron chi connectivity index (χ0n) is 23.5. The van der Waals surface area contributed by atoms with Crippen LogP contribution in [-0.2, 0) is 26.2 Å². The van der Waals surface area contributed by atoms with Gasteiger partial charge in [0.05, 0.1) is 27.7 Å². The number of benzene rings is 3. The molecule has 0 radical (unpaired) electrons. The Morgan fingerprint density at radius 1 is 0.951 bits per heavy atom. The molecule has 0 aliphatic carbocycles. The molecule has 0 heterocycles. The number of sulfonamides is 1. The molecule has 3 aromatic rings. The van der Waals surface area contributed by atoms with Gasteiger partial charge >= 0.3 is 0 Å². The van der Waals surface area contributed by atoms with E-state index in [1.54, 1.807) is 49.6 Å². The SMILES string of the molecule is CCC(C(=O)NCC(C)C)N(Cc1ccc(OC)cc1)C(=O)CN(c1ccc(Cl)c(Cl)c1)S(=O)(=O)c1ccccc1. The van der Waals surface area contributed by atoms with Crippen molar-refractivity contribution in [3.63, 3.8) is 0 Å². The quantitative estimate of drug-likeness (QED) is 0.262. The minimum Gasteiger partial charge on any atom is -0.497 e. The number of methoxy groups -OCH3 is 1. The van der Waals surface area contributed by atoms with Crippen molar-refractivity contribution < 1.29 is 22.7 Å². The second-order valence-electron chi connectivity index (χ2n) is 9.86. The lowest BCUT2D eigenvalue weighted by Crippen LogP contribution is -2.52. The van der Waals surface area contributed by atoms with E-state index >= 15 is 0 Å². The van der Waals surface area contributed by atoms with Crippen molar-refractivity contribution in [2.75, 3.05) is 24.5 Å². The fourth-order valence-electron chi connectivity index (χ4n) is 4.16. The third-order valence-electron chi connectivity index (χ3n) is 6.38. The fourth-order valence-corrected chi connectivity index (χ4v) is 5.88. The summed E-state index contributed by atoms with van der Waals surface area (Å²) < 4.78 is 33.9. The van der Waals surface area contributed by atoms with Gasteiger partial charge in [0.25, 0.3) is 10.0 Å². The molecule has 0 fully saturated rings. The first kappa shape index (κ1) is 32.2. The maximum Gasteiger partial charge on any atom is 0.264 e. The van der Waals surface area contributed by atoms with E-state index < -0.39 is 28.5 Å². The highest BCUT2D eigenvalue weighted by atomic mass is 35.5. The monoisotopic (exact) mass is 619 g/mol. The Hall–Kier alpha value is -3.27. The van der Waals surface area contributed by atoms with Crippen molar-refractivity contribution in [3.8, 4) is 5.75 Å². The zero-order chi connectivity index (χ0) is 30.2. The molecule has 8 nitrogen and oxygen atoms in total. The van der Waals surface area contributed by atoms with Crippen LogP contribution in [0, 0.1) is 5.92 Å². The van der Waals surface area contributed by atoms with E-state index in [4.69, 9.17) is 27.9 Å². The summed E-state index contributed by atoms with van der Waals surface area (Å²) in [6.45, 7) is 5.72. The van der Waals surface area contributed by atoms with Crippen LogP contribution in [0.3, 0.4) is 0 Å².